The number of aryl methyl sites for hydroxylation is 1. The molecule has 438 valence electrons. The van der Waals surface area contributed by atoms with Gasteiger partial charge in [0.25, 0.3) is 0 Å². The van der Waals surface area contributed by atoms with Gasteiger partial charge in [0.05, 0.1) is 49.7 Å². The highest BCUT2D eigenvalue weighted by atomic mass is 79.9. The number of nitrogens with one attached hydrogen (secondary N) is 3. The molecule has 0 spiro atoms. The normalized spacial score (nSPS) is 11.6. The van der Waals surface area contributed by atoms with Crippen molar-refractivity contribution >= 4 is 108 Å². The quantitative estimate of drug-likeness (QED) is 0.0115. The molecule has 9 aromatic rings. The molecule has 0 atom stereocenters. The SMILES string of the molecule is Nc1nonc1C(=Nc1ccc(F)c(Br)c1)NO.Nc1nonc1C(=Nc1ccc(F)c(Cl)c1)NO.O=C(Cc1nonc1/C(Cc1ccc(F)c(Cl)c1)=N/O)c1ccc(F)cc1.ONC(=Nc1ccc(F)c(Cl)c1)c1nonc1CCCF. The van der Waals surface area contributed by atoms with Crippen LogP contribution in [0.4, 0.5) is 55.0 Å². The smallest absolute Gasteiger partial charge is 0.199 e. The minimum Gasteiger partial charge on any atom is -0.411 e. The molecular weight excluding hydrogens is 1260 g/mol. The highest BCUT2D eigenvalue weighted by Gasteiger charge is 2.22. The molecule has 9 rings (SSSR count). The second-order valence-corrected chi connectivity index (χ2v) is 18.1. The maximum Gasteiger partial charge on any atom is 0.199 e. The van der Waals surface area contributed by atoms with Crippen molar-refractivity contribution in [3.05, 3.63) is 191 Å². The molecular formula is C48H37BrCl3F6N17O9. The summed E-state index contributed by atoms with van der Waals surface area (Å²) in [6, 6.07) is 20.7. The maximum absolute atomic E-state index is 13.3. The number of carbonyl (C=O) groups excluding carboxylic acids is 1. The lowest BCUT2D eigenvalue weighted by molar-refractivity contribution is 0.0990. The van der Waals surface area contributed by atoms with E-state index in [0.717, 1.165) is 12.1 Å². The lowest BCUT2D eigenvalue weighted by atomic mass is 10.0. The van der Waals surface area contributed by atoms with Crippen LogP contribution in [0.3, 0.4) is 0 Å². The van der Waals surface area contributed by atoms with Gasteiger partial charge in [0.15, 0.2) is 57.7 Å². The molecule has 0 saturated heterocycles. The molecule has 4 heterocycles. The van der Waals surface area contributed by atoms with Crippen molar-refractivity contribution in [1.82, 2.24) is 57.7 Å². The van der Waals surface area contributed by atoms with Crippen LogP contribution in [0.1, 0.15) is 56.5 Å². The molecule has 26 nitrogen and oxygen atoms in total. The Morgan fingerprint density at radius 3 is 1.44 bits per heavy atom. The number of nitrogens with two attached hydrogens (primary N) is 2. The molecule has 0 bridgehead atoms. The van der Waals surface area contributed by atoms with E-state index in [-0.39, 0.29) is 126 Å². The monoisotopic (exact) mass is 1290 g/mol. The van der Waals surface area contributed by atoms with E-state index in [4.69, 9.17) is 61.9 Å². The molecule has 0 aliphatic heterocycles. The van der Waals surface area contributed by atoms with Gasteiger partial charge in [0.2, 0.25) is 0 Å². The third-order valence-electron chi connectivity index (χ3n) is 10.4. The van der Waals surface area contributed by atoms with Crippen LogP contribution in [-0.4, -0.2) is 97.8 Å². The lowest BCUT2D eigenvalue weighted by Gasteiger charge is -2.05. The van der Waals surface area contributed by atoms with E-state index < -0.39 is 35.8 Å². The molecule has 11 N–H and O–H groups in total. The fraction of sp³-hybridized carbons (Fsp3) is 0.104. The van der Waals surface area contributed by atoms with Gasteiger partial charge in [-0.05, 0) is 156 Å². The van der Waals surface area contributed by atoms with Crippen LogP contribution in [0.5, 0.6) is 0 Å². The average Bonchev–Trinajstić information content (AvgIpc) is 4.42. The number of oxime groups is 1. The van der Waals surface area contributed by atoms with Gasteiger partial charge in [-0.25, -0.2) is 55.4 Å². The van der Waals surface area contributed by atoms with Crippen LogP contribution in [0.2, 0.25) is 15.1 Å². The second kappa shape index (κ2) is 31.2. The van der Waals surface area contributed by atoms with Crippen molar-refractivity contribution in [3.63, 3.8) is 0 Å². The molecule has 0 aliphatic carbocycles. The first-order valence-electron chi connectivity index (χ1n) is 23.0. The zero-order valence-corrected chi connectivity index (χ0v) is 45.8. The van der Waals surface area contributed by atoms with E-state index in [9.17, 15) is 36.3 Å². The Morgan fingerprint density at radius 2 is 0.988 bits per heavy atom. The number of carbonyl (C=O) groups is 1. The predicted molar refractivity (Wildman–Crippen MR) is 288 cm³/mol. The van der Waals surface area contributed by atoms with E-state index in [1.807, 2.05) is 11.0 Å². The summed E-state index contributed by atoms with van der Waals surface area (Å²) in [6.45, 7) is -0.515. The van der Waals surface area contributed by atoms with Crippen molar-refractivity contribution in [1.29, 1.82) is 0 Å². The maximum atomic E-state index is 13.3. The number of anilines is 2. The topological polar surface area (TPSA) is 391 Å². The number of benzene rings is 5. The number of ketones is 1. The summed E-state index contributed by atoms with van der Waals surface area (Å²) in [6.07, 6.45) is 0.388. The summed E-state index contributed by atoms with van der Waals surface area (Å²) in [5.41, 5.74) is 19.1. The molecule has 0 saturated carbocycles. The number of aromatic nitrogens is 8. The summed E-state index contributed by atoms with van der Waals surface area (Å²) >= 11 is 20.0. The van der Waals surface area contributed by atoms with Crippen molar-refractivity contribution in [3.8, 4) is 0 Å². The Morgan fingerprint density at radius 1 is 0.548 bits per heavy atom. The Kier molecular flexibility index (Phi) is 23.7. The minimum atomic E-state index is -0.583. The van der Waals surface area contributed by atoms with Gasteiger partial charge >= 0.3 is 0 Å². The number of nitrogen functional groups attached to an aromatic ring is 2. The Balaban J connectivity index is 0.000000182. The van der Waals surface area contributed by atoms with Crippen molar-refractivity contribution < 1.29 is 70.5 Å². The average molecular weight is 1300 g/mol. The molecule has 4 aromatic heterocycles. The van der Waals surface area contributed by atoms with Crippen molar-refractivity contribution in [2.45, 2.75) is 25.7 Å². The standard InChI is InChI=1S/C18H12ClF2N3O3.C12H11ClF2N4O2.C9H7BrFN5O2.C9H7ClFN5O2/c19-13-7-10(1-6-14(13)21)8-15(22-26)18-16(23-27-24-18)9-17(25)11-2-4-12(20)5-3-11;13-8-6-7(3-4-9(8)15)16-12(17-20)11-10(2-1-5-14)18-21-19-11;2*10-5-3-4(1-2-6(5)11)13-9(14-17)7-8(12)16-18-15-7/h1-7,26H,8-9H2;3-4,6,20H,1-2,5H2,(H,16,17);2*1-3,17H,(H2,12,16)(H,13,14)/b22-15+;;;. The van der Waals surface area contributed by atoms with E-state index in [1.165, 1.54) is 84.9 Å². The number of aliphatic imine (C=N–C) groups is 3. The molecule has 0 aliphatic rings. The van der Waals surface area contributed by atoms with Crippen molar-refractivity contribution in [2.75, 3.05) is 18.1 Å². The van der Waals surface area contributed by atoms with Gasteiger partial charge in [-0.1, -0.05) is 56.3 Å². The Hall–Kier alpha value is -9.38. The number of rotatable bonds is 15. The number of alkyl halides is 1. The summed E-state index contributed by atoms with van der Waals surface area (Å²) in [4.78, 5) is 24.3. The highest BCUT2D eigenvalue weighted by Crippen LogP contribution is 2.26. The Labute approximate surface area is 489 Å². The molecule has 0 fully saturated rings. The number of Topliss-reactive ketones (excluding diaryl/α,β-unsaturated/α-hetero) is 1. The number of nitrogens with zero attached hydrogens (tertiary/aromatic N) is 12. The van der Waals surface area contributed by atoms with Gasteiger partial charge in [-0.2, -0.15) is 0 Å². The molecule has 0 radical (unpaired) electrons. The fourth-order valence-corrected chi connectivity index (χ4v) is 7.31. The number of hydrogen-bond acceptors (Lipinski definition) is 23. The molecule has 5 aromatic carbocycles. The number of halogens is 10. The summed E-state index contributed by atoms with van der Waals surface area (Å²) in [5, 5.41) is 67.5. The Bertz CT molecular complexity index is 3710. The third kappa shape index (κ3) is 17.8. The minimum absolute atomic E-state index is 0.0259. The first-order valence-corrected chi connectivity index (χ1v) is 24.9. The number of amidine groups is 3. The summed E-state index contributed by atoms with van der Waals surface area (Å²) in [7, 11) is 0. The van der Waals surface area contributed by atoms with Crippen LogP contribution < -0.4 is 27.9 Å². The van der Waals surface area contributed by atoms with Crippen LogP contribution in [0, 0.1) is 29.1 Å². The molecule has 0 amide bonds. The predicted octanol–water partition coefficient (Wildman–Crippen LogP) is 9.78. The number of hydroxylamine groups is 3. The fourth-order valence-electron chi connectivity index (χ4n) is 6.39. The van der Waals surface area contributed by atoms with E-state index in [1.54, 1.807) is 5.48 Å². The molecule has 84 heavy (non-hydrogen) atoms. The van der Waals surface area contributed by atoms with Gasteiger partial charge < -0.3 is 16.7 Å². The first kappa shape index (κ1) is 63.8. The first-order chi connectivity index (χ1) is 40.4. The van der Waals surface area contributed by atoms with Crippen molar-refractivity contribution in [2.24, 2.45) is 20.1 Å². The summed E-state index contributed by atoms with van der Waals surface area (Å²) in [5.74, 6) is -3.25. The van der Waals surface area contributed by atoms with Gasteiger partial charge in [-0.15, -0.1) is 0 Å². The summed E-state index contributed by atoms with van der Waals surface area (Å²) < 4.78 is 95.8. The van der Waals surface area contributed by atoms with Gasteiger partial charge in [0, 0.05) is 12.0 Å². The van der Waals surface area contributed by atoms with Gasteiger partial charge in [0.1, 0.15) is 46.2 Å². The van der Waals surface area contributed by atoms with Crippen LogP contribution in [-0.2, 0) is 19.3 Å². The van der Waals surface area contributed by atoms with Gasteiger partial charge in [-0.3, -0.25) is 41.2 Å². The zero-order valence-electron chi connectivity index (χ0n) is 41.9. The van der Waals surface area contributed by atoms with Crippen LogP contribution >= 0.6 is 50.7 Å². The largest absolute Gasteiger partial charge is 0.411 e. The van der Waals surface area contributed by atoms with E-state index in [2.05, 4.69) is 95.8 Å². The molecule has 0 unspecified atom stereocenters. The molecule has 36 heteroatoms. The second-order valence-electron chi connectivity index (χ2n) is 16.0. The van der Waals surface area contributed by atoms with E-state index >= 15 is 0 Å². The third-order valence-corrected chi connectivity index (χ3v) is 11.8. The lowest BCUT2D eigenvalue weighted by Crippen LogP contribution is -2.22. The number of hydrogen-bond donors (Lipinski definition) is 9. The van der Waals surface area contributed by atoms with Crippen LogP contribution in [0.15, 0.2) is 140 Å². The highest BCUT2D eigenvalue weighted by molar-refractivity contribution is 9.10. The zero-order chi connectivity index (χ0) is 60.9. The van der Waals surface area contributed by atoms with Crippen LogP contribution in [0.25, 0.3) is 0 Å². The van der Waals surface area contributed by atoms with E-state index in [0.29, 0.717) is 22.6 Å².